The van der Waals surface area contributed by atoms with E-state index >= 15 is 0 Å². The maximum Gasteiger partial charge on any atom is 0.136 e. The molecule has 0 saturated carbocycles. The van der Waals surface area contributed by atoms with Gasteiger partial charge in [0.1, 0.15) is 11.6 Å². The lowest BCUT2D eigenvalue weighted by Gasteiger charge is -2.41. The van der Waals surface area contributed by atoms with Crippen molar-refractivity contribution in [2.24, 2.45) is 0 Å². The van der Waals surface area contributed by atoms with E-state index in [4.69, 9.17) is 0 Å². The van der Waals surface area contributed by atoms with Crippen molar-refractivity contribution in [3.63, 3.8) is 0 Å². The molecule has 0 aliphatic carbocycles. The Morgan fingerprint density at radius 1 is 1.35 bits per heavy atom. The molecule has 3 heteroatoms. The van der Waals surface area contributed by atoms with Gasteiger partial charge in [-0.15, -0.1) is 0 Å². The summed E-state index contributed by atoms with van der Waals surface area (Å²) in [5, 5.41) is 0. The Bertz CT molecular complexity index is 428. The Kier molecular flexibility index (Phi) is 3.29. The second-order valence-corrected chi connectivity index (χ2v) is 5.29. The first-order chi connectivity index (χ1) is 7.99. The molecule has 0 radical (unpaired) electrons. The minimum atomic E-state index is -0.169. The molecule has 1 aromatic rings. The van der Waals surface area contributed by atoms with E-state index in [0.29, 0.717) is 30.7 Å². The highest BCUT2D eigenvalue weighted by Gasteiger charge is 2.33. The molecule has 1 saturated heterocycles. The maximum atomic E-state index is 13.6. The molecule has 2 nitrogen and oxygen atoms in total. The van der Waals surface area contributed by atoms with Gasteiger partial charge < -0.3 is 0 Å². The smallest absolute Gasteiger partial charge is 0.136 e. The molecule has 0 atom stereocenters. The van der Waals surface area contributed by atoms with Crippen molar-refractivity contribution >= 4 is 5.78 Å². The molecular weight excluding hydrogens is 217 g/mol. The number of Topliss-reactive ketones (excluding diaryl/α,β-unsaturated/α-hetero) is 1. The van der Waals surface area contributed by atoms with E-state index in [-0.39, 0.29) is 11.4 Å². The van der Waals surface area contributed by atoms with E-state index in [2.05, 4.69) is 4.90 Å². The number of carbonyl (C=O) groups is 1. The van der Waals surface area contributed by atoms with Crippen LogP contribution in [-0.2, 0) is 11.3 Å². The lowest BCUT2D eigenvalue weighted by atomic mass is 9.89. The highest BCUT2D eigenvalue weighted by Crippen LogP contribution is 2.27. The molecule has 0 bridgehead atoms. The molecular formula is C14H18FNO. The molecule has 1 fully saturated rings. The van der Waals surface area contributed by atoms with Crippen LogP contribution in [0.4, 0.5) is 4.39 Å². The average Bonchev–Trinajstić information content (AvgIpc) is 2.24. The van der Waals surface area contributed by atoms with Crippen molar-refractivity contribution < 1.29 is 9.18 Å². The number of ketones is 1. The van der Waals surface area contributed by atoms with E-state index in [0.717, 1.165) is 6.54 Å². The number of benzene rings is 1. The fourth-order valence-electron chi connectivity index (χ4n) is 2.37. The van der Waals surface area contributed by atoms with Gasteiger partial charge >= 0.3 is 0 Å². The normalized spacial score (nSPS) is 20.5. The number of carbonyl (C=O) groups excluding carboxylic acids is 1. The molecule has 0 spiro atoms. The number of rotatable bonds is 2. The number of hydrogen-bond donors (Lipinski definition) is 0. The van der Waals surface area contributed by atoms with Crippen LogP contribution in [0.25, 0.3) is 0 Å². The molecule has 1 heterocycles. The Labute approximate surface area is 101 Å². The minimum absolute atomic E-state index is 0.166. The first kappa shape index (κ1) is 12.2. The van der Waals surface area contributed by atoms with Crippen LogP contribution in [0.1, 0.15) is 32.3 Å². The van der Waals surface area contributed by atoms with Crippen LogP contribution in [0.5, 0.6) is 0 Å². The van der Waals surface area contributed by atoms with Gasteiger partial charge in [-0.3, -0.25) is 9.69 Å². The zero-order valence-corrected chi connectivity index (χ0v) is 10.4. The fraction of sp³-hybridized carbons (Fsp3) is 0.500. The van der Waals surface area contributed by atoms with Crippen molar-refractivity contribution in [1.29, 1.82) is 0 Å². The van der Waals surface area contributed by atoms with Crippen molar-refractivity contribution in [2.75, 3.05) is 6.54 Å². The standard InChI is InChI=1S/C14H18FNO/c1-14(2)9-12(17)7-8-16(14)10-11-5-3-4-6-13(11)15/h3-6H,7-10H2,1-2H3. The zero-order valence-electron chi connectivity index (χ0n) is 10.4. The summed E-state index contributed by atoms with van der Waals surface area (Å²) in [7, 11) is 0. The van der Waals surface area contributed by atoms with Crippen molar-refractivity contribution in [2.45, 2.75) is 38.8 Å². The molecule has 0 amide bonds. The van der Waals surface area contributed by atoms with E-state index in [1.54, 1.807) is 6.07 Å². The molecule has 0 aromatic heterocycles. The number of nitrogens with zero attached hydrogens (tertiary/aromatic N) is 1. The summed E-state index contributed by atoms with van der Waals surface area (Å²) in [4.78, 5) is 13.6. The molecule has 17 heavy (non-hydrogen) atoms. The summed E-state index contributed by atoms with van der Waals surface area (Å²) >= 11 is 0. The third-order valence-electron chi connectivity index (χ3n) is 3.47. The largest absolute Gasteiger partial charge is 0.300 e. The van der Waals surface area contributed by atoms with Crippen LogP contribution >= 0.6 is 0 Å². The van der Waals surface area contributed by atoms with Gasteiger partial charge in [-0.05, 0) is 19.9 Å². The van der Waals surface area contributed by atoms with Gasteiger partial charge in [0.2, 0.25) is 0 Å². The second-order valence-electron chi connectivity index (χ2n) is 5.29. The van der Waals surface area contributed by atoms with Gasteiger partial charge in [0.15, 0.2) is 0 Å². The Morgan fingerprint density at radius 2 is 2.06 bits per heavy atom. The van der Waals surface area contributed by atoms with Crippen molar-refractivity contribution in [3.8, 4) is 0 Å². The summed E-state index contributed by atoms with van der Waals surface area (Å²) < 4.78 is 13.6. The monoisotopic (exact) mass is 235 g/mol. The first-order valence-corrected chi connectivity index (χ1v) is 5.99. The highest BCUT2D eigenvalue weighted by molar-refractivity contribution is 5.80. The third kappa shape index (κ3) is 2.72. The van der Waals surface area contributed by atoms with Crippen LogP contribution < -0.4 is 0 Å². The average molecular weight is 235 g/mol. The summed E-state index contributed by atoms with van der Waals surface area (Å²) in [6.45, 7) is 5.39. The van der Waals surface area contributed by atoms with Crippen LogP contribution in [0.3, 0.4) is 0 Å². The van der Waals surface area contributed by atoms with Crippen LogP contribution in [0, 0.1) is 5.82 Å². The number of likely N-dealkylation sites (tertiary alicyclic amines) is 1. The van der Waals surface area contributed by atoms with E-state index in [1.807, 2.05) is 26.0 Å². The second kappa shape index (κ2) is 4.57. The van der Waals surface area contributed by atoms with Crippen molar-refractivity contribution in [3.05, 3.63) is 35.6 Å². The quantitative estimate of drug-likeness (QED) is 0.785. The lowest BCUT2D eigenvalue weighted by molar-refractivity contribution is -0.125. The zero-order chi connectivity index (χ0) is 12.5. The Balaban J connectivity index is 2.14. The van der Waals surface area contributed by atoms with E-state index < -0.39 is 0 Å². The van der Waals surface area contributed by atoms with E-state index in [9.17, 15) is 9.18 Å². The minimum Gasteiger partial charge on any atom is -0.300 e. The predicted octanol–water partition coefficient (Wildman–Crippen LogP) is 2.77. The number of halogens is 1. The van der Waals surface area contributed by atoms with Crippen molar-refractivity contribution in [1.82, 2.24) is 4.90 Å². The molecule has 1 aromatic carbocycles. The molecule has 0 N–H and O–H groups in total. The summed E-state index contributed by atoms with van der Waals surface area (Å²) in [5.41, 5.74) is 0.535. The predicted molar refractivity (Wildman–Crippen MR) is 65.1 cm³/mol. The molecule has 1 aliphatic rings. The van der Waals surface area contributed by atoms with E-state index in [1.165, 1.54) is 6.07 Å². The van der Waals surface area contributed by atoms with Gasteiger partial charge in [0, 0.05) is 37.0 Å². The molecule has 92 valence electrons. The number of piperidine rings is 1. The fourth-order valence-corrected chi connectivity index (χ4v) is 2.37. The van der Waals surface area contributed by atoms with Gasteiger partial charge in [0.05, 0.1) is 0 Å². The Morgan fingerprint density at radius 3 is 2.71 bits per heavy atom. The third-order valence-corrected chi connectivity index (χ3v) is 3.47. The van der Waals surface area contributed by atoms with Gasteiger partial charge in [-0.2, -0.15) is 0 Å². The number of hydrogen-bond acceptors (Lipinski definition) is 2. The molecule has 2 rings (SSSR count). The highest BCUT2D eigenvalue weighted by atomic mass is 19.1. The van der Waals surface area contributed by atoms with Gasteiger partial charge in [0.25, 0.3) is 0 Å². The maximum absolute atomic E-state index is 13.6. The lowest BCUT2D eigenvalue weighted by Crippen LogP contribution is -2.49. The summed E-state index contributed by atoms with van der Waals surface area (Å²) in [6, 6.07) is 6.84. The van der Waals surface area contributed by atoms with Gasteiger partial charge in [-0.25, -0.2) is 4.39 Å². The SMILES string of the molecule is CC1(C)CC(=O)CCN1Cc1ccccc1F. The summed E-state index contributed by atoms with van der Waals surface area (Å²) in [5.74, 6) is 0.139. The van der Waals surface area contributed by atoms with Crippen LogP contribution in [0.15, 0.2) is 24.3 Å². The van der Waals surface area contributed by atoms with Crippen LogP contribution in [0.2, 0.25) is 0 Å². The molecule has 1 aliphatic heterocycles. The van der Waals surface area contributed by atoms with Crippen LogP contribution in [-0.4, -0.2) is 22.8 Å². The Hall–Kier alpha value is -1.22. The topological polar surface area (TPSA) is 20.3 Å². The summed E-state index contributed by atoms with van der Waals surface area (Å²) in [6.07, 6.45) is 1.14. The van der Waals surface area contributed by atoms with Gasteiger partial charge in [-0.1, -0.05) is 18.2 Å². The molecule has 0 unspecified atom stereocenters. The first-order valence-electron chi connectivity index (χ1n) is 5.99.